The fourth-order valence-corrected chi connectivity index (χ4v) is 9.48. The van der Waals surface area contributed by atoms with Gasteiger partial charge in [-0.25, -0.2) is 0 Å². The predicted molar refractivity (Wildman–Crippen MR) is 129 cm³/mol. The first-order chi connectivity index (χ1) is 14.9. The molecule has 1 aliphatic carbocycles. The van der Waals surface area contributed by atoms with Crippen LogP contribution in [0.25, 0.3) is 0 Å². The molecule has 0 bridgehead atoms. The molecule has 0 radical (unpaired) electrons. The molecule has 0 aliphatic heterocycles. The minimum atomic E-state index is -2.63. The van der Waals surface area contributed by atoms with Gasteiger partial charge in [0.05, 0.1) is 12.2 Å². The monoisotopic (exact) mass is 432 g/mol. The van der Waals surface area contributed by atoms with Crippen molar-refractivity contribution in [2.75, 3.05) is 0 Å². The van der Waals surface area contributed by atoms with E-state index in [9.17, 15) is 5.11 Å². The summed E-state index contributed by atoms with van der Waals surface area (Å²) in [5.41, 5.74) is 0. The average molecular weight is 433 g/mol. The minimum absolute atomic E-state index is 0.0602. The Bertz CT molecular complexity index is 915. The molecule has 0 aromatic heterocycles. The van der Waals surface area contributed by atoms with Gasteiger partial charge in [0.15, 0.2) is 0 Å². The molecule has 3 nitrogen and oxygen atoms in total. The number of ether oxygens (including phenoxy) is 1. The van der Waals surface area contributed by atoms with E-state index in [-0.39, 0.29) is 17.2 Å². The molecule has 3 aromatic carbocycles. The standard InChI is InChI=1S/C27H32O3Si/c1-27(2,3)31(23-15-9-5-10-16-23,24-17-11-6-12-18-24)30-22-19-25(28)26(20-22)29-21-13-7-4-8-14-21/h4-18,22,25-26,28H,19-20H2,1-3H3/t22-,25-,26+/m1/s1. The zero-order chi connectivity index (χ0) is 21.9. The van der Waals surface area contributed by atoms with Crippen LogP contribution in [-0.2, 0) is 4.43 Å². The SMILES string of the molecule is CC(C)(C)[Si](O[C@@H]1C[C@@H](O)[C@@H](Oc2ccccc2)C1)(c1ccccc1)c1ccccc1. The van der Waals surface area contributed by atoms with E-state index in [1.54, 1.807) is 0 Å². The van der Waals surface area contributed by atoms with Crippen LogP contribution in [0.5, 0.6) is 5.75 Å². The van der Waals surface area contributed by atoms with Gasteiger partial charge in [0.1, 0.15) is 11.9 Å². The summed E-state index contributed by atoms with van der Waals surface area (Å²) in [5, 5.41) is 13.2. The number of para-hydroxylation sites is 1. The first-order valence-electron chi connectivity index (χ1n) is 11.1. The molecule has 0 heterocycles. The summed E-state index contributed by atoms with van der Waals surface area (Å²) in [6.07, 6.45) is 0.409. The largest absolute Gasteiger partial charge is 0.488 e. The second-order valence-corrected chi connectivity index (χ2v) is 13.7. The van der Waals surface area contributed by atoms with Gasteiger partial charge in [-0.05, 0) is 27.5 Å². The van der Waals surface area contributed by atoms with Crippen molar-refractivity contribution in [1.29, 1.82) is 0 Å². The van der Waals surface area contributed by atoms with Gasteiger partial charge in [-0.3, -0.25) is 0 Å². The molecule has 0 saturated heterocycles. The number of hydrogen-bond donors (Lipinski definition) is 1. The maximum atomic E-state index is 10.8. The molecule has 1 N–H and O–H groups in total. The van der Waals surface area contributed by atoms with Gasteiger partial charge in [0, 0.05) is 12.8 Å². The minimum Gasteiger partial charge on any atom is -0.488 e. The first-order valence-corrected chi connectivity index (χ1v) is 13.0. The second kappa shape index (κ2) is 8.99. The third kappa shape index (κ3) is 4.47. The van der Waals surface area contributed by atoms with Gasteiger partial charge in [-0.15, -0.1) is 0 Å². The quantitative estimate of drug-likeness (QED) is 0.582. The summed E-state index contributed by atoms with van der Waals surface area (Å²) in [4.78, 5) is 0. The van der Waals surface area contributed by atoms with E-state index in [0.717, 1.165) is 5.75 Å². The molecule has 0 amide bonds. The Morgan fingerprint density at radius 3 is 1.71 bits per heavy atom. The highest BCUT2D eigenvalue weighted by Crippen LogP contribution is 2.40. The molecule has 162 valence electrons. The Kier molecular flexibility index (Phi) is 6.33. The van der Waals surface area contributed by atoms with Gasteiger partial charge >= 0.3 is 0 Å². The van der Waals surface area contributed by atoms with Crippen LogP contribution in [0, 0.1) is 0 Å². The van der Waals surface area contributed by atoms with E-state index in [4.69, 9.17) is 9.16 Å². The predicted octanol–water partition coefficient (Wildman–Crippen LogP) is 4.53. The van der Waals surface area contributed by atoms with E-state index in [1.807, 2.05) is 30.3 Å². The summed E-state index contributed by atoms with van der Waals surface area (Å²) in [7, 11) is -2.63. The van der Waals surface area contributed by atoms with Crippen LogP contribution in [0.15, 0.2) is 91.0 Å². The molecule has 0 unspecified atom stereocenters. The summed E-state index contributed by atoms with van der Waals surface area (Å²) >= 11 is 0. The topological polar surface area (TPSA) is 38.7 Å². The van der Waals surface area contributed by atoms with Crippen molar-refractivity contribution in [2.45, 2.75) is 57.0 Å². The van der Waals surface area contributed by atoms with Crippen LogP contribution in [0.3, 0.4) is 0 Å². The van der Waals surface area contributed by atoms with Gasteiger partial charge < -0.3 is 14.3 Å². The van der Waals surface area contributed by atoms with Crippen molar-refractivity contribution >= 4 is 18.7 Å². The lowest BCUT2D eigenvalue weighted by Crippen LogP contribution is -2.67. The van der Waals surface area contributed by atoms with Crippen molar-refractivity contribution in [1.82, 2.24) is 0 Å². The number of hydrogen-bond acceptors (Lipinski definition) is 3. The number of benzene rings is 3. The van der Waals surface area contributed by atoms with Gasteiger partial charge in [-0.2, -0.15) is 0 Å². The summed E-state index contributed by atoms with van der Waals surface area (Å²) in [6, 6.07) is 31.0. The van der Waals surface area contributed by atoms with Gasteiger partial charge in [0.25, 0.3) is 8.32 Å². The maximum absolute atomic E-state index is 10.8. The van der Waals surface area contributed by atoms with Crippen molar-refractivity contribution in [3.63, 3.8) is 0 Å². The number of aliphatic hydroxyl groups excluding tert-OH is 1. The van der Waals surface area contributed by atoms with Crippen molar-refractivity contribution < 1.29 is 14.3 Å². The maximum Gasteiger partial charge on any atom is 0.261 e. The third-order valence-corrected chi connectivity index (χ3v) is 11.3. The van der Waals surface area contributed by atoms with E-state index < -0.39 is 14.4 Å². The van der Waals surface area contributed by atoms with Gasteiger partial charge in [0.2, 0.25) is 0 Å². The molecule has 31 heavy (non-hydrogen) atoms. The Morgan fingerprint density at radius 2 is 1.23 bits per heavy atom. The fourth-order valence-electron chi connectivity index (χ4n) is 4.77. The van der Waals surface area contributed by atoms with Crippen LogP contribution in [0.2, 0.25) is 5.04 Å². The molecular formula is C27H32O3Si. The highest BCUT2D eigenvalue weighted by Gasteiger charge is 2.53. The first kappa shape index (κ1) is 21.8. The highest BCUT2D eigenvalue weighted by molar-refractivity contribution is 6.99. The number of aliphatic hydroxyl groups is 1. The molecular weight excluding hydrogens is 400 g/mol. The van der Waals surface area contributed by atoms with Crippen LogP contribution >= 0.6 is 0 Å². The molecule has 1 saturated carbocycles. The Labute approximate surface area is 186 Å². The molecule has 3 atom stereocenters. The summed E-state index contributed by atoms with van der Waals surface area (Å²) in [6.45, 7) is 6.84. The number of rotatable bonds is 6. The van der Waals surface area contributed by atoms with Crippen molar-refractivity contribution in [3.8, 4) is 5.75 Å². The smallest absolute Gasteiger partial charge is 0.261 e. The zero-order valence-electron chi connectivity index (χ0n) is 18.6. The summed E-state index contributed by atoms with van der Waals surface area (Å²) < 4.78 is 13.3. The Hall–Kier alpha value is -2.40. The van der Waals surface area contributed by atoms with Crippen LogP contribution in [-0.4, -0.2) is 31.7 Å². The Morgan fingerprint density at radius 1 is 0.742 bits per heavy atom. The van der Waals surface area contributed by atoms with E-state index in [2.05, 4.69) is 81.4 Å². The second-order valence-electron chi connectivity index (χ2n) is 9.41. The highest BCUT2D eigenvalue weighted by atomic mass is 28.4. The zero-order valence-corrected chi connectivity index (χ0v) is 19.6. The molecule has 0 spiro atoms. The molecule has 4 heteroatoms. The normalized spacial score (nSPS) is 21.7. The lowest BCUT2D eigenvalue weighted by Gasteiger charge is -2.44. The Balaban J connectivity index is 1.67. The van der Waals surface area contributed by atoms with E-state index in [1.165, 1.54) is 10.4 Å². The van der Waals surface area contributed by atoms with Crippen molar-refractivity contribution in [3.05, 3.63) is 91.0 Å². The third-order valence-electron chi connectivity index (χ3n) is 6.22. The van der Waals surface area contributed by atoms with Crippen molar-refractivity contribution in [2.24, 2.45) is 0 Å². The molecule has 4 rings (SSSR count). The van der Waals surface area contributed by atoms with E-state index >= 15 is 0 Å². The molecule has 1 fully saturated rings. The lowest BCUT2D eigenvalue weighted by molar-refractivity contribution is 0.0603. The molecule has 3 aromatic rings. The fraction of sp³-hybridized carbons (Fsp3) is 0.333. The van der Waals surface area contributed by atoms with Gasteiger partial charge in [-0.1, -0.05) is 99.6 Å². The summed E-state index contributed by atoms with van der Waals surface area (Å²) in [5.74, 6) is 0.789. The van der Waals surface area contributed by atoms with Crippen LogP contribution in [0.4, 0.5) is 0 Å². The molecule has 1 aliphatic rings. The van der Waals surface area contributed by atoms with Crippen LogP contribution < -0.4 is 15.1 Å². The van der Waals surface area contributed by atoms with E-state index in [0.29, 0.717) is 12.8 Å². The van der Waals surface area contributed by atoms with Crippen LogP contribution in [0.1, 0.15) is 33.6 Å². The lowest BCUT2D eigenvalue weighted by atomic mass is 10.2. The average Bonchev–Trinajstić information content (AvgIpc) is 3.11.